The van der Waals surface area contributed by atoms with Crippen molar-refractivity contribution in [3.05, 3.63) is 69.4 Å². The molecule has 0 aliphatic rings. The van der Waals surface area contributed by atoms with Gasteiger partial charge in [-0.3, -0.25) is 4.79 Å². The van der Waals surface area contributed by atoms with Crippen LogP contribution in [0.3, 0.4) is 0 Å². The number of hydrogen-bond acceptors (Lipinski definition) is 1. The van der Waals surface area contributed by atoms with Crippen LogP contribution in [0, 0.1) is 12.7 Å². The highest BCUT2D eigenvalue weighted by molar-refractivity contribution is 9.10. The van der Waals surface area contributed by atoms with Gasteiger partial charge in [-0.05, 0) is 47.5 Å². The van der Waals surface area contributed by atoms with E-state index in [2.05, 4.69) is 21.2 Å². The molecule has 1 atom stereocenters. The molecule has 0 fully saturated rings. The lowest BCUT2D eigenvalue weighted by molar-refractivity contribution is 0.0935. The fourth-order valence-electron chi connectivity index (χ4n) is 1.92. The summed E-state index contributed by atoms with van der Waals surface area (Å²) in [4.78, 5) is 12.2. The maximum atomic E-state index is 13.7. The topological polar surface area (TPSA) is 29.1 Å². The van der Waals surface area contributed by atoms with Crippen molar-refractivity contribution < 1.29 is 9.18 Å². The fourth-order valence-corrected chi connectivity index (χ4v) is 2.44. The van der Waals surface area contributed by atoms with Gasteiger partial charge in [-0.15, -0.1) is 0 Å². The predicted octanol–water partition coefficient (Wildman–Crippen LogP) is 4.39. The molecule has 2 rings (SSSR count). The lowest BCUT2D eigenvalue weighted by Gasteiger charge is -2.15. The van der Waals surface area contributed by atoms with E-state index in [0.717, 1.165) is 11.1 Å². The molecule has 0 saturated carbocycles. The van der Waals surface area contributed by atoms with Gasteiger partial charge in [-0.1, -0.05) is 35.9 Å². The van der Waals surface area contributed by atoms with E-state index in [1.54, 1.807) is 12.1 Å². The number of amides is 1. The molecule has 0 saturated heterocycles. The SMILES string of the molecule is Cc1ccc(C(C)NC(=O)c2c(F)cccc2Br)cc1. The first kappa shape index (κ1) is 14.7. The molecule has 4 heteroatoms. The summed E-state index contributed by atoms with van der Waals surface area (Å²) in [5.74, 6) is -0.962. The molecule has 1 unspecified atom stereocenters. The van der Waals surface area contributed by atoms with Crippen molar-refractivity contribution in [3.63, 3.8) is 0 Å². The minimum absolute atomic E-state index is 0.0338. The lowest BCUT2D eigenvalue weighted by atomic mass is 10.1. The zero-order valence-electron chi connectivity index (χ0n) is 11.3. The average molecular weight is 336 g/mol. The van der Waals surface area contributed by atoms with Crippen LogP contribution >= 0.6 is 15.9 Å². The Labute approximate surface area is 126 Å². The minimum atomic E-state index is -0.534. The number of benzene rings is 2. The summed E-state index contributed by atoms with van der Waals surface area (Å²) in [6.45, 7) is 3.88. The van der Waals surface area contributed by atoms with Crippen LogP contribution in [0.15, 0.2) is 46.9 Å². The summed E-state index contributed by atoms with van der Waals surface area (Å²) in [5, 5.41) is 2.80. The number of carbonyl (C=O) groups is 1. The molecule has 104 valence electrons. The monoisotopic (exact) mass is 335 g/mol. The second kappa shape index (κ2) is 6.18. The molecule has 1 amide bonds. The van der Waals surface area contributed by atoms with E-state index in [1.807, 2.05) is 38.1 Å². The largest absolute Gasteiger partial charge is 0.345 e. The zero-order valence-corrected chi connectivity index (χ0v) is 12.9. The summed E-state index contributed by atoms with van der Waals surface area (Å²) in [5.41, 5.74) is 2.17. The smallest absolute Gasteiger partial charge is 0.255 e. The second-order valence-corrected chi connectivity index (χ2v) is 5.56. The van der Waals surface area contributed by atoms with Gasteiger partial charge >= 0.3 is 0 Å². The van der Waals surface area contributed by atoms with Crippen LogP contribution in [0.25, 0.3) is 0 Å². The van der Waals surface area contributed by atoms with Crippen LogP contribution in [0.1, 0.15) is 34.5 Å². The number of halogens is 2. The van der Waals surface area contributed by atoms with Crippen molar-refractivity contribution in [1.82, 2.24) is 5.32 Å². The molecule has 0 aromatic heterocycles. The number of rotatable bonds is 3. The minimum Gasteiger partial charge on any atom is -0.345 e. The Morgan fingerprint density at radius 2 is 1.85 bits per heavy atom. The van der Waals surface area contributed by atoms with Gasteiger partial charge in [0.05, 0.1) is 11.6 Å². The van der Waals surface area contributed by atoms with Crippen molar-refractivity contribution in [3.8, 4) is 0 Å². The Morgan fingerprint density at radius 3 is 2.45 bits per heavy atom. The first-order chi connectivity index (χ1) is 9.49. The molecule has 0 bridgehead atoms. The summed E-state index contributed by atoms with van der Waals surface area (Å²) in [6, 6.07) is 12.2. The molecule has 0 spiro atoms. The lowest BCUT2D eigenvalue weighted by Crippen LogP contribution is -2.27. The standard InChI is InChI=1S/C16H15BrFNO/c1-10-6-8-12(9-7-10)11(2)19-16(20)15-13(17)4-3-5-14(15)18/h3-9,11H,1-2H3,(H,19,20). The Kier molecular flexibility index (Phi) is 4.55. The molecule has 0 aliphatic heterocycles. The number of aryl methyl sites for hydroxylation is 1. The van der Waals surface area contributed by atoms with Crippen LogP contribution in [0.4, 0.5) is 4.39 Å². The van der Waals surface area contributed by atoms with Crippen LogP contribution in [0.2, 0.25) is 0 Å². The Bertz CT molecular complexity index is 605. The van der Waals surface area contributed by atoms with E-state index in [1.165, 1.54) is 6.07 Å². The molecule has 0 heterocycles. The average Bonchev–Trinajstić information content (AvgIpc) is 2.39. The van der Waals surface area contributed by atoms with Gasteiger partial charge in [-0.2, -0.15) is 0 Å². The first-order valence-corrected chi connectivity index (χ1v) is 7.10. The highest BCUT2D eigenvalue weighted by Crippen LogP contribution is 2.21. The number of hydrogen-bond donors (Lipinski definition) is 1. The first-order valence-electron chi connectivity index (χ1n) is 6.30. The maximum absolute atomic E-state index is 13.7. The predicted molar refractivity (Wildman–Crippen MR) is 81.2 cm³/mol. The van der Waals surface area contributed by atoms with Gasteiger partial charge in [0.2, 0.25) is 0 Å². The van der Waals surface area contributed by atoms with Crippen LogP contribution in [0.5, 0.6) is 0 Å². The summed E-state index contributed by atoms with van der Waals surface area (Å²) in [7, 11) is 0. The van der Waals surface area contributed by atoms with E-state index in [9.17, 15) is 9.18 Å². The van der Waals surface area contributed by atoms with E-state index in [-0.39, 0.29) is 11.6 Å². The maximum Gasteiger partial charge on any atom is 0.255 e. The van der Waals surface area contributed by atoms with Gasteiger partial charge in [0.1, 0.15) is 5.82 Å². The second-order valence-electron chi connectivity index (χ2n) is 4.70. The van der Waals surface area contributed by atoms with Gasteiger partial charge in [0, 0.05) is 4.47 Å². The Balaban J connectivity index is 2.17. The summed E-state index contributed by atoms with van der Waals surface area (Å²) < 4.78 is 14.2. The van der Waals surface area contributed by atoms with Crippen LogP contribution < -0.4 is 5.32 Å². The van der Waals surface area contributed by atoms with Crippen molar-refractivity contribution in [2.75, 3.05) is 0 Å². The van der Waals surface area contributed by atoms with Gasteiger partial charge in [0.25, 0.3) is 5.91 Å². The van der Waals surface area contributed by atoms with E-state index < -0.39 is 11.7 Å². The molecular formula is C16H15BrFNO. The quantitative estimate of drug-likeness (QED) is 0.885. The van der Waals surface area contributed by atoms with E-state index >= 15 is 0 Å². The normalized spacial score (nSPS) is 12.0. The van der Waals surface area contributed by atoms with Crippen molar-refractivity contribution >= 4 is 21.8 Å². The molecule has 0 radical (unpaired) electrons. The summed E-state index contributed by atoms with van der Waals surface area (Å²) in [6.07, 6.45) is 0. The highest BCUT2D eigenvalue weighted by Gasteiger charge is 2.17. The molecule has 2 nitrogen and oxygen atoms in total. The fraction of sp³-hybridized carbons (Fsp3) is 0.188. The molecule has 2 aromatic rings. The number of carbonyl (C=O) groups excluding carboxylic acids is 1. The summed E-state index contributed by atoms with van der Waals surface area (Å²) >= 11 is 3.20. The third-order valence-electron chi connectivity index (χ3n) is 3.11. The molecule has 0 aliphatic carbocycles. The van der Waals surface area contributed by atoms with Crippen LogP contribution in [-0.2, 0) is 0 Å². The zero-order chi connectivity index (χ0) is 14.7. The molecule has 20 heavy (non-hydrogen) atoms. The van der Waals surface area contributed by atoms with Crippen molar-refractivity contribution in [2.45, 2.75) is 19.9 Å². The molecule has 2 aromatic carbocycles. The van der Waals surface area contributed by atoms with Crippen molar-refractivity contribution in [2.24, 2.45) is 0 Å². The third kappa shape index (κ3) is 3.25. The molecule has 1 N–H and O–H groups in total. The Morgan fingerprint density at radius 1 is 1.20 bits per heavy atom. The van der Waals surface area contributed by atoms with Crippen LogP contribution in [-0.4, -0.2) is 5.91 Å². The highest BCUT2D eigenvalue weighted by atomic mass is 79.9. The van der Waals surface area contributed by atoms with E-state index in [0.29, 0.717) is 4.47 Å². The van der Waals surface area contributed by atoms with Gasteiger partial charge in [0.15, 0.2) is 0 Å². The van der Waals surface area contributed by atoms with Crippen molar-refractivity contribution in [1.29, 1.82) is 0 Å². The molecular weight excluding hydrogens is 321 g/mol. The Hall–Kier alpha value is -1.68. The third-order valence-corrected chi connectivity index (χ3v) is 3.78. The number of nitrogens with one attached hydrogen (secondary N) is 1. The van der Waals surface area contributed by atoms with Gasteiger partial charge in [-0.25, -0.2) is 4.39 Å². The van der Waals surface area contributed by atoms with E-state index in [4.69, 9.17) is 0 Å². The van der Waals surface area contributed by atoms with Gasteiger partial charge < -0.3 is 5.32 Å².